The molecular weight excluding hydrogens is 268 g/mol. The molecule has 2 rings (SSSR count). The summed E-state index contributed by atoms with van der Waals surface area (Å²) in [5.74, 6) is -0.0990. The third-order valence-electron chi connectivity index (χ3n) is 2.23. The molecule has 0 unspecified atom stereocenters. The maximum Gasteiger partial charge on any atom is 0.213 e. The molecule has 0 aliphatic rings. The standard InChI is InChI=1S/C12H9BrN2O/c1-8-6-9(13)2-3-10(8)12(16)11-7-14-4-5-15-11/h2-7H,1H3. The molecule has 0 aliphatic heterocycles. The van der Waals surface area contributed by atoms with Crippen LogP contribution in [-0.2, 0) is 0 Å². The number of hydrogen-bond acceptors (Lipinski definition) is 3. The fourth-order valence-electron chi connectivity index (χ4n) is 1.44. The van der Waals surface area contributed by atoms with Gasteiger partial charge in [-0.05, 0) is 30.7 Å². The largest absolute Gasteiger partial charge is 0.287 e. The number of hydrogen-bond donors (Lipinski definition) is 0. The Morgan fingerprint density at radius 3 is 2.75 bits per heavy atom. The Balaban J connectivity index is 2.42. The van der Waals surface area contributed by atoms with Gasteiger partial charge in [-0.15, -0.1) is 0 Å². The van der Waals surface area contributed by atoms with Crippen molar-refractivity contribution in [2.24, 2.45) is 0 Å². The highest BCUT2D eigenvalue weighted by molar-refractivity contribution is 9.10. The van der Waals surface area contributed by atoms with E-state index in [2.05, 4.69) is 25.9 Å². The Hall–Kier alpha value is -1.55. The zero-order valence-corrected chi connectivity index (χ0v) is 10.2. The molecule has 0 fully saturated rings. The second kappa shape index (κ2) is 4.53. The summed E-state index contributed by atoms with van der Waals surface area (Å²) in [5.41, 5.74) is 1.95. The first-order valence-corrected chi connectivity index (χ1v) is 5.54. The van der Waals surface area contributed by atoms with Crippen LogP contribution in [0.1, 0.15) is 21.6 Å². The number of carbonyl (C=O) groups is 1. The van der Waals surface area contributed by atoms with E-state index >= 15 is 0 Å². The maximum atomic E-state index is 12.1. The predicted molar refractivity (Wildman–Crippen MR) is 64.3 cm³/mol. The molecule has 1 heterocycles. The third kappa shape index (κ3) is 2.17. The molecule has 1 aromatic heterocycles. The summed E-state index contributed by atoms with van der Waals surface area (Å²) in [5, 5.41) is 0. The number of nitrogens with zero attached hydrogens (tertiary/aromatic N) is 2. The molecule has 16 heavy (non-hydrogen) atoms. The number of benzene rings is 1. The monoisotopic (exact) mass is 276 g/mol. The smallest absolute Gasteiger partial charge is 0.213 e. The lowest BCUT2D eigenvalue weighted by molar-refractivity contribution is 0.103. The van der Waals surface area contributed by atoms with Gasteiger partial charge >= 0.3 is 0 Å². The summed E-state index contributed by atoms with van der Waals surface area (Å²) < 4.78 is 0.959. The van der Waals surface area contributed by atoms with Crippen LogP contribution in [0.4, 0.5) is 0 Å². The second-order valence-corrected chi connectivity index (χ2v) is 4.29. The van der Waals surface area contributed by atoms with Gasteiger partial charge in [-0.1, -0.05) is 15.9 Å². The van der Waals surface area contributed by atoms with Crippen molar-refractivity contribution in [3.05, 3.63) is 58.1 Å². The second-order valence-electron chi connectivity index (χ2n) is 3.38. The van der Waals surface area contributed by atoms with E-state index in [0.29, 0.717) is 11.3 Å². The number of aromatic nitrogens is 2. The van der Waals surface area contributed by atoms with Crippen molar-refractivity contribution in [1.29, 1.82) is 0 Å². The highest BCUT2D eigenvalue weighted by Crippen LogP contribution is 2.17. The van der Waals surface area contributed by atoms with E-state index in [1.54, 1.807) is 12.3 Å². The van der Waals surface area contributed by atoms with E-state index in [1.807, 2.05) is 19.1 Å². The van der Waals surface area contributed by atoms with Gasteiger partial charge in [0.05, 0.1) is 6.20 Å². The van der Waals surface area contributed by atoms with E-state index in [-0.39, 0.29) is 5.78 Å². The molecule has 0 saturated heterocycles. The zero-order chi connectivity index (χ0) is 11.5. The minimum Gasteiger partial charge on any atom is -0.287 e. The SMILES string of the molecule is Cc1cc(Br)ccc1C(=O)c1cnccn1. The van der Waals surface area contributed by atoms with Gasteiger partial charge < -0.3 is 0 Å². The molecule has 1 aromatic carbocycles. The molecule has 0 saturated carbocycles. The molecule has 3 nitrogen and oxygen atoms in total. The minimum atomic E-state index is -0.0990. The molecule has 0 aliphatic carbocycles. The van der Waals surface area contributed by atoms with Crippen molar-refractivity contribution in [2.75, 3.05) is 0 Å². The number of ketones is 1. The van der Waals surface area contributed by atoms with Crippen LogP contribution in [0.25, 0.3) is 0 Å². The van der Waals surface area contributed by atoms with Gasteiger partial charge in [-0.25, -0.2) is 4.98 Å². The molecule has 0 N–H and O–H groups in total. The Kier molecular flexibility index (Phi) is 3.10. The van der Waals surface area contributed by atoms with Gasteiger partial charge in [-0.3, -0.25) is 9.78 Å². The fraction of sp³-hybridized carbons (Fsp3) is 0.0833. The van der Waals surface area contributed by atoms with Gasteiger partial charge in [0.2, 0.25) is 5.78 Å². The van der Waals surface area contributed by atoms with Gasteiger partial charge in [0.25, 0.3) is 0 Å². The Bertz CT molecular complexity index is 526. The topological polar surface area (TPSA) is 42.9 Å². The van der Waals surface area contributed by atoms with Crippen molar-refractivity contribution >= 4 is 21.7 Å². The lowest BCUT2D eigenvalue weighted by atomic mass is 10.0. The summed E-state index contributed by atoms with van der Waals surface area (Å²) in [7, 11) is 0. The Labute approximate surface area is 102 Å². The van der Waals surface area contributed by atoms with Crippen LogP contribution in [0.3, 0.4) is 0 Å². The van der Waals surface area contributed by atoms with Crippen LogP contribution in [-0.4, -0.2) is 15.8 Å². The van der Waals surface area contributed by atoms with Crippen molar-refractivity contribution in [3.8, 4) is 0 Å². The molecular formula is C12H9BrN2O. The van der Waals surface area contributed by atoms with Crippen LogP contribution in [0.15, 0.2) is 41.3 Å². The normalized spacial score (nSPS) is 10.1. The number of aryl methyl sites for hydroxylation is 1. The van der Waals surface area contributed by atoms with Crippen molar-refractivity contribution in [2.45, 2.75) is 6.92 Å². The summed E-state index contributed by atoms with van der Waals surface area (Å²) in [6.45, 7) is 1.90. The van der Waals surface area contributed by atoms with E-state index < -0.39 is 0 Å². The van der Waals surface area contributed by atoms with Crippen LogP contribution in [0, 0.1) is 6.92 Å². The first-order chi connectivity index (χ1) is 7.68. The quantitative estimate of drug-likeness (QED) is 0.793. The number of carbonyl (C=O) groups excluding carboxylic acids is 1. The molecule has 80 valence electrons. The van der Waals surface area contributed by atoms with Crippen molar-refractivity contribution in [1.82, 2.24) is 9.97 Å². The van der Waals surface area contributed by atoms with E-state index in [0.717, 1.165) is 10.0 Å². The molecule has 4 heteroatoms. The molecule has 0 radical (unpaired) electrons. The molecule has 0 spiro atoms. The third-order valence-corrected chi connectivity index (χ3v) is 2.72. The van der Waals surface area contributed by atoms with Crippen LogP contribution in [0.5, 0.6) is 0 Å². The number of rotatable bonds is 2. The average molecular weight is 277 g/mol. The first-order valence-electron chi connectivity index (χ1n) is 4.75. The first kappa shape index (κ1) is 11.0. The highest BCUT2D eigenvalue weighted by atomic mass is 79.9. The minimum absolute atomic E-state index is 0.0990. The molecule has 0 bridgehead atoms. The van der Waals surface area contributed by atoms with E-state index in [4.69, 9.17) is 0 Å². The van der Waals surface area contributed by atoms with Crippen LogP contribution >= 0.6 is 15.9 Å². The van der Waals surface area contributed by atoms with Crippen molar-refractivity contribution < 1.29 is 4.79 Å². The molecule has 0 amide bonds. The lowest BCUT2D eigenvalue weighted by Gasteiger charge is -2.04. The van der Waals surface area contributed by atoms with E-state index in [1.165, 1.54) is 12.4 Å². The summed E-state index contributed by atoms with van der Waals surface area (Å²) in [6, 6.07) is 5.54. The highest BCUT2D eigenvalue weighted by Gasteiger charge is 2.12. The fourth-order valence-corrected chi connectivity index (χ4v) is 1.91. The maximum absolute atomic E-state index is 12.1. The molecule has 0 atom stereocenters. The van der Waals surface area contributed by atoms with Crippen LogP contribution in [0.2, 0.25) is 0 Å². The lowest BCUT2D eigenvalue weighted by Crippen LogP contribution is -2.06. The predicted octanol–water partition coefficient (Wildman–Crippen LogP) is 2.78. The summed E-state index contributed by atoms with van der Waals surface area (Å²) in [4.78, 5) is 19.9. The van der Waals surface area contributed by atoms with Crippen LogP contribution < -0.4 is 0 Å². The van der Waals surface area contributed by atoms with Crippen molar-refractivity contribution in [3.63, 3.8) is 0 Å². The average Bonchev–Trinajstić information content (AvgIpc) is 2.29. The van der Waals surface area contributed by atoms with Gasteiger partial charge in [0.15, 0.2) is 0 Å². The number of halogens is 1. The van der Waals surface area contributed by atoms with Gasteiger partial charge in [0, 0.05) is 22.4 Å². The van der Waals surface area contributed by atoms with Gasteiger partial charge in [0.1, 0.15) is 5.69 Å². The van der Waals surface area contributed by atoms with Gasteiger partial charge in [-0.2, -0.15) is 0 Å². The summed E-state index contributed by atoms with van der Waals surface area (Å²) >= 11 is 3.36. The summed E-state index contributed by atoms with van der Waals surface area (Å²) in [6.07, 6.45) is 4.54. The molecule has 2 aromatic rings. The Morgan fingerprint density at radius 2 is 2.12 bits per heavy atom. The van der Waals surface area contributed by atoms with E-state index in [9.17, 15) is 4.79 Å². The Morgan fingerprint density at radius 1 is 1.31 bits per heavy atom. The zero-order valence-electron chi connectivity index (χ0n) is 8.64.